The Morgan fingerprint density at radius 3 is 2.97 bits per heavy atom. The van der Waals surface area contributed by atoms with Crippen LogP contribution in [0.5, 0.6) is 5.75 Å². The Hall–Kier alpha value is -3.18. The predicted octanol–water partition coefficient (Wildman–Crippen LogP) is 2.40. The first-order valence-electron chi connectivity index (χ1n) is 9.20. The maximum absolute atomic E-state index is 14.3. The minimum atomic E-state index is -0.549. The number of methoxy groups -OCH3 is 1. The number of halogens is 1. The van der Waals surface area contributed by atoms with E-state index in [-0.39, 0.29) is 23.9 Å². The van der Waals surface area contributed by atoms with Crippen molar-refractivity contribution in [2.75, 3.05) is 19.0 Å². The minimum Gasteiger partial charge on any atom is -0.497 e. The van der Waals surface area contributed by atoms with Crippen molar-refractivity contribution >= 4 is 22.4 Å². The molecule has 30 heavy (non-hydrogen) atoms. The number of nitrogens with one attached hydrogen (secondary N) is 1. The zero-order valence-electron chi connectivity index (χ0n) is 16.0. The molecule has 9 nitrogen and oxygen atoms in total. The van der Waals surface area contributed by atoms with Gasteiger partial charge in [-0.3, -0.25) is 14.9 Å². The van der Waals surface area contributed by atoms with Crippen LogP contribution in [0.1, 0.15) is 24.0 Å². The molecule has 156 valence electrons. The number of benzene rings is 1. The number of hydrogen-bond acceptors (Lipinski definition) is 8. The molecule has 1 aromatic carbocycles. The van der Waals surface area contributed by atoms with Crippen LogP contribution < -0.4 is 15.6 Å². The van der Waals surface area contributed by atoms with Crippen molar-refractivity contribution in [1.29, 1.82) is 0 Å². The molecule has 0 bridgehead atoms. The van der Waals surface area contributed by atoms with Gasteiger partial charge in [-0.1, -0.05) is 11.3 Å². The number of hydrogen-bond donors (Lipinski definition) is 1. The molecule has 1 N–H and O–H groups in total. The topological polar surface area (TPSA) is 108 Å². The van der Waals surface area contributed by atoms with Gasteiger partial charge in [-0.25, -0.2) is 9.07 Å². The molecule has 1 aliphatic rings. The molecule has 1 fully saturated rings. The number of anilines is 1. The first-order valence-corrected chi connectivity index (χ1v) is 10.0. The lowest BCUT2D eigenvalue weighted by atomic mass is 10.1. The number of ether oxygens (including phenoxy) is 2. The zero-order valence-corrected chi connectivity index (χ0v) is 16.8. The summed E-state index contributed by atoms with van der Waals surface area (Å²) in [5.41, 5.74) is -0.0745. The van der Waals surface area contributed by atoms with Crippen LogP contribution in [0.15, 0.2) is 35.1 Å². The molecule has 0 saturated carbocycles. The highest BCUT2D eigenvalue weighted by molar-refractivity contribution is 7.15. The highest BCUT2D eigenvalue weighted by Gasteiger charge is 2.22. The molecule has 0 unspecified atom stereocenters. The third-order valence-corrected chi connectivity index (χ3v) is 5.44. The van der Waals surface area contributed by atoms with Crippen LogP contribution in [-0.4, -0.2) is 39.6 Å². The van der Waals surface area contributed by atoms with Crippen LogP contribution in [0.2, 0.25) is 0 Å². The lowest BCUT2D eigenvalue weighted by molar-refractivity contribution is -0.117. The summed E-state index contributed by atoms with van der Waals surface area (Å²) in [7, 11) is 1.44. The quantitative estimate of drug-likeness (QED) is 0.638. The second-order valence-corrected chi connectivity index (χ2v) is 7.56. The maximum atomic E-state index is 14.3. The lowest BCUT2D eigenvalue weighted by Gasteiger charge is -2.08. The second-order valence-electron chi connectivity index (χ2n) is 6.56. The average molecular weight is 431 g/mol. The molecule has 0 spiro atoms. The molecule has 1 amide bonds. The first-order chi connectivity index (χ1) is 14.5. The van der Waals surface area contributed by atoms with Crippen molar-refractivity contribution in [2.45, 2.75) is 25.5 Å². The Bertz CT molecular complexity index is 1130. The predicted molar refractivity (Wildman–Crippen MR) is 107 cm³/mol. The van der Waals surface area contributed by atoms with Gasteiger partial charge in [0.2, 0.25) is 11.0 Å². The van der Waals surface area contributed by atoms with Gasteiger partial charge in [0.1, 0.15) is 29.2 Å². The fraction of sp³-hybridized carbons (Fsp3) is 0.316. The van der Waals surface area contributed by atoms with Crippen LogP contribution >= 0.6 is 11.3 Å². The second kappa shape index (κ2) is 8.67. The lowest BCUT2D eigenvalue weighted by Crippen LogP contribution is -2.29. The van der Waals surface area contributed by atoms with Crippen LogP contribution in [0.3, 0.4) is 0 Å². The zero-order chi connectivity index (χ0) is 21.1. The van der Waals surface area contributed by atoms with E-state index in [1.807, 2.05) is 0 Å². The smallest absolute Gasteiger partial charge is 0.267 e. The summed E-state index contributed by atoms with van der Waals surface area (Å²) in [5.74, 6) is -0.678. The van der Waals surface area contributed by atoms with Crippen molar-refractivity contribution < 1.29 is 18.7 Å². The maximum Gasteiger partial charge on any atom is 0.267 e. The summed E-state index contributed by atoms with van der Waals surface area (Å²) in [5, 5.41) is 15.7. The molecule has 11 heteroatoms. The van der Waals surface area contributed by atoms with Crippen molar-refractivity contribution in [3.8, 4) is 17.0 Å². The van der Waals surface area contributed by atoms with Gasteiger partial charge in [0.15, 0.2) is 0 Å². The van der Waals surface area contributed by atoms with Gasteiger partial charge in [0.25, 0.3) is 5.56 Å². The fourth-order valence-corrected chi connectivity index (χ4v) is 3.86. The molecule has 1 saturated heterocycles. The van der Waals surface area contributed by atoms with E-state index in [0.717, 1.165) is 17.5 Å². The molecule has 3 aromatic rings. The summed E-state index contributed by atoms with van der Waals surface area (Å²) in [6.07, 6.45) is 1.75. The van der Waals surface area contributed by atoms with Gasteiger partial charge in [-0.2, -0.15) is 5.10 Å². The number of carbonyl (C=O) groups is 1. The molecule has 4 rings (SSSR count). The number of nitrogens with zero attached hydrogens (tertiary/aromatic N) is 4. The molecule has 0 radical (unpaired) electrons. The van der Waals surface area contributed by atoms with Crippen LogP contribution in [0.4, 0.5) is 9.52 Å². The monoisotopic (exact) mass is 431 g/mol. The SMILES string of the molecule is COc1ccc(-c2ccc(=O)n(CC(=O)Nc3nnc([C@@H]4CCCO4)s3)n2)c(F)c1. The number of carbonyl (C=O) groups excluding carboxylic acids is 1. The van der Waals surface area contributed by atoms with Gasteiger partial charge in [-0.05, 0) is 31.0 Å². The highest BCUT2D eigenvalue weighted by atomic mass is 32.1. The summed E-state index contributed by atoms with van der Waals surface area (Å²) < 4.78 is 25.8. The van der Waals surface area contributed by atoms with Crippen LogP contribution in [0.25, 0.3) is 11.3 Å². The number of rotatable bonds is 6. The van der Waals surface area contributed by atoms with Crippen LogP contribution in [-0.2, 0) is 16.1 Å². The standard InChI is InChI=1S/C19H18FN5O4S/c1-28-11-4-5-12(13(20)9-11)14-6-7-17(27)25(24-14)10-16(26)21-19-23-22-18(30-19)15-3-2-8-29-15/h4-7,9,15H,2-3,8,10H2,1H3,(H,21,23,26)/t15-/m0/s1. The Morgan fingerprint density at radius 1 is 1.37 bits per heavy atom. The Morgan fingerprint density at radius 2 is 2.23 bits per heavy atom. The van der Waals surface area contributed by atoms with E-state index < -0.39 is 17.3 Å². The fourth-order valence-electron chi connectivity index (χ4n) is 3.02. The molecular formula is C19H18FN5O4S. The first kappa shape index (κ1) is 20.1. The number of aromatic nitrogens is 4. The van der Waals surface area contributed by atoms with E-state index in [0.29, 0.717) is 22.5 Å². The third-order valence-electron chi connectivity index (χ3n) is 4.50. The Labute approximate surface area is 174 Å². The van der Waals surface area contributed by atoms with E-state index in [4.69, 9.17) is 9.47 Å². The average Bonchev–Trinajstić information content (AvgIpc) is 3.41. The number of amides is 1. The molecule has 1 aliphatic heterocycles. The summed E-state index contributed by atoms with van der Waals surface area (Å²) in [6, 6.07) is 6.95. The summed E-state index contributed by atoms with van der Waals surface area (Å²) in [4.78, 5) is 24.5. The van der Waals surface area contributed by atoms with E-state index in [2.05, 4.69) is 20.6 Å². The highest BCUT2D eigenvalue weighted by Crippen LogP contribution is 2.31. The largest absolute Gasteiger partial charge is 0.497 e. The van der Waals surface area contributed by atoms with E-state index in [1.165, 1.54) is 42.7 Å². The molecule has 0 aliphatic carbocycles. The summed E-state index contributed by atoms with van der Waals surface area (Å²) >= 11 is 1.23. The van der Waals surface area contributed by atoms with E-state index >= 15 is 0 Å². The molecular weight excluding hydrogens is 413 g/mol. The molecule has 2 aromatic heterocycles. The van der Waals surface area contributed by atoms with Crippen molar-refractivity contribution in [2.24, 2.45) is 0 Å². The van der Waals surface area contributed by atoms with Gasteiger partial charge >= 0.3 is 0 Å². The normalized spacial score (nSPS) is 15.9. The third kappa shape index (κ3) is 4.36. The van der Waals surface area contributed by atoms with Gasteiger partial charge in [0.05, 0.1) is 12.8 Å². The Kier molecular flexibility index (Phi) is 5.81. The van der Waals surface area contributed by atoms with E-state index in [1.54, 1.807) is 6.07 Å². The minimum absolute atomic E-state index is 0.0893. The van der Waals surface area contributed by atoms with Gasteiger partial charge < -0.3 is 9.47 Å². The summed E-state index contributed by atoms with van der Waals surface area (Å²) in [6.45, 7) is 0.338. The van der Waals surface area contributed by atoms with Crippen molar-refractivity contribution in [1.82, 2.24) is 20.0 Å². The van der Waals surface area contributed by atoms with Crippen LogP contribution in [0, 0.1) is 5.82 Å². The van der Waals surface area contributed by atoms with E-state index in [9.17, 15) is 14.0 Å². The van der Waals surface area contributed by atoms with Crippen molar-refractivity contribution in [3.63, 3.8) is 0 Å². The molecule has 3 heterocycles. The van der Waals surface area contributed by atoms with Gasteiger partial charge in [0, 0.05) is 24.3 Å². The Balaban J connectivity index is 1.48. The molecule has 1 atom stereocenters. The van der Waals surface area contributed by atoms with Gasteiger partial charge in [-0.15, -0.1) is 10.2 Å². The van der Waals surface area contributed by atoms with Crippen molar-refractivity contribution in [3.05, 3.63) is 51.5 Å².